The minimum absolute atomic E-state index is 0.00349. The Morgan fingerprint density at radius 3 is 2.37 bits per heavy atom. The zero-order valence-corrected chi connectivity index (χ0v) is 11.3. The molecule has 8 heteroatoms. The topological polar surface area (TPSA) is 118 Å². The number of anilines is 1. The van der Waals surface area contributed by atoms with E-state index in [2.05, 4.69) is 15.1 Å². The molecule has 0 aromatic carbocycles. The van der Waals surface area contributed by atoms with Crippen LogP contribution in [0.15, 0.2) is 17.5 Å². The summed E-state index contributed by atoms with van der Waals surface area (Å²) in [6.07, 6.45) is 2.91. The predicted octanol–water partition coefficient (Wildman–Crippen LogP) is 0.442. The lowest BCUT2D eigenvalue weighted by molar-refractivity contribution is -0.368. The molecule has 0 saturated carbocycles. The Kier molecular flexibility index (Phi) is 5.46. The van der Waals surface area contributed by atoms with Gasteiger partial charge in [-0.1, -0.05) is 5.16 Å². The van der Waals surface area contributed by atoms with E-state index in [9.17, 15) is 0 Å². The minimum Gasteiger partial charge on any atom is -0.382 e. The molecule has 1 aromatic heterocycles. The third-order valence-electron chi connectivity index (χ3n) is 2.09. The highest BCUT2D eigenvalue weighted by Crippen LogP contribution is 2.15. The molecule has 8 nitrogen and oxygen atoms in total. The van der Waals surface area contributed by atoms with Crippen molar-refractivity contribution in [1.29, 1.82) is 0 Å². The molecule has 0 atom stereocenters. The molecule has 1 rings (SSSR count). The first-order valence-corrected chi connectivity index (χ1v) is 5.88. The van der Waals surface area contributed by atoms with Crippen molar-refractivity contribution in [2.45, 2.75) is 26.7 Å². The van der Waals surface area contributed by atoms with Crippen molar-refractivity contribution in [3.05, 3.63) is 18.1 Å². The van der Waals surface area contributed by atoms with Gasteiger partial charge in [0.2, 0.25) is 0 Å². The average Bonchev–Trinajstić information content (AvgIpc) is 2.37. The molecule has 0 amide bonds. The van der Waals surface area contributed by atoms with Gasteiger partial charge in [-0.25, -0.2) is 9.97 Å². The van der Waals surface area contributed by atoms with E-state index in [-0.39, 0.29) is 17.3 Å². The molecule has 106 valence electrons. The van der Waals surface area contributed by atoms with Crippen molar-refractivity contribution in [3.8, 4) is 0 Å². The maximum Gasteiger partial charge on any atom is 0.347 e. The van der Waals surface area contributed by atoms with Crippen molar-refractivity contribution >= 4 is 11.7 Å². The van der Waals surface area contributed by atoms with Crippen LogP contribution in [0.5, 0.6) is 0 Å². The van der Waals surface area contributed by atoms with Gasteiger partial charge in [-0.15, -0.1) is 0 Å². The fourth-order valence-corrected chi connectivity index (χ4v) is 1.34. The molecule has 19 heavy (non-hydrogen) atoms. The van der Waals surface area contributed by atoms with Crippen LogP contribution in [0.4, 0.5) is 5.82 Å². The molecule has 0 spiro atoms. The number of nitrogen functional groups attached to an aromatic ring is 1. The number of ether oxygens (including phenoxy) is 2. The summed E-state index contributed by atoms with van der Waals surface area (Å²) in [5, 5.41) is 3.73. The monoisotopic (exact) mass is 269 g/mol. The first kappa shape index (κ1) is 15.1. The highest BCUT2D eigenvalue weighted by molar-refractivity contribution is 5.98. The summed E-state index contributed by atoms with van der Waals surface area (Å²) in [7, 11) is 0. The number of amidine groups is 1. The van der Waals surface area contributed by atoms with Crippen LogP contribution in [-0.2, 0) is 14.3 Å². The second kappa shape index (κ2) is 6.86. The number of hydrogen-bond acceptors (Lipinski definition) is 7. The quantitative estimate of drug-likeness (QED) is 0.319. The van der Waals surface area contributed by atoms with Crippen LogP contribution < -0.4 is 11.5 Å². The molecule has 0 unspecified atom stereocenters. The van der Waals surface area contributed by atoms with E-state index < -0.39 is 5.97 Å². The zero-order valence-electron chi connectivity index (χ0n) is 11.3. The van der Waals surface area contributed by atoms with Gasteiger partial charge in [-0.3, -0.25) is 0 Å². The van der Waals surface area contributed by atoms with Gasteiger partial charge in [0.15, 0.2) is 17.3 Å². The van der Waals surface area contributed by atoms with Gasteiger partial charge in [0, 0.05) is 19.3 Å². The SMILES string of the molecule is CCOC(C)(OCC)O/N=C(\N)c1nccnc1N. The van der Waals surface area contributed by atoms with Gasteiger partial charge in [-0.05, 0) is 13.8 Å². The smallest absolute Gasteiger partial charge is 0.347 e. The Hall–Kier alpha value is -1.93. The lowest BCUT2D eigenvalue weighted by Crippen LogP contribution is -2.35. The molecule has 0 bridgehead atoms. The molecular weight excluding hydrogens is 250 g/mol. The Bertz CT molecular complexity index is 432. The summed E-state index contributed by atoms with van der Waals surface area (Å²) in [6, 6.07) is 0. The molecule has 0 aliphatic heterocycles. The van der Waals surface area contributed by atoms with Crippen molar-refractivity contribution < 1.29 is 14.3 Å². The second-order valence-corrected chi connectivity index (χ2v) is 3.59. The van der Waals surface area contributed by atoms with Crippen LogP contribution in [-0.4, -0.2) is 35.0 Å². The lowest BCUT2D eigenvalue weighted by atomic mass is 10.4. The van der Waals surface area contributed by atoms with E-state index in [0.717, 1.165) is 0 Å². The average molecular weight is 269 g/mol. The largest absolute Gasteiger partial charge is 0.382 e. The number of nitrogens with two attached hydrogens (primary N) is 2. The summed E-state index contributed by atoms with van der Waals surface area (Å²) in [5.74, 6) is -1.14. The maximum absolute atomic E-state index is 5.73. The summed E-state index contributed by atoms with van der Waals surface area (Å²) in [5.41, 5.74) is 11.6. The Labute approximate surface area is 111 Å². The highest BCUT2D eigenvalue weighted by Gasteiger charge is 2.28. The fraction of sp³-hybridized carbons (Fsp3) is 0.545. The van der Waals surface area contributed by atoms with E-state index >= 15 is 0 Å². The van der Waals surface area contributed by atoms with Crippen molar-refractivity contribution in [2.75, 3.05) is 18.9 Å². The minimum atomic E-state index is -1.30. The Balaban J connectivity index is 2.81. The van der Waals surface area contributed by atoms with E-state index in [4.69, 9.17) is 25.8 Å². The summed E-state index contributed by atoms with van der Waals surface area (Å²) in [4.78, 5) is 13.0. The zero-order chi connectivity index (χ0) is 14.3. The first-order valence-electron chi connectivity index (χ1n) is 5.88. The number of hydrogen-bond donors (Lipinski definition) is 2. The first-order chi connectivity index (χ1) is 9.02. The summed E-state index contributed by atoms with van der Waals surface area (Å²) in [6.45, 7) is 6.03. The number of rotatable bonds is 7. The highest BCUT2D eigenvalue weighted by atomic mass is 16.9. The van der Waals surface area contributed by atoms with E-state index in [1.807, 2.05) is 13.8 Å². The number of nitrogens with zero attached hydrogens (tertiary/aromatic N) is 3. The van der Waals surface area contributed by atoms with Gasteiger partial charge < -0.3 is 25.8 Å². The molecule has 1 heterocycles. The maximum atomic E-state index is 5.73. The van der Waals surface area contributed by atoms with Crippen LogP contribution >= 0.6 is 0 Å². The lowest BCUT2D eigenvalue weighted by Gasteiger charge is -2.25. The van der Waals surface area contributed by atoms with Crippen LogP contribution in [0.3, 0.4) is 0 Å². The predicted molar refractivity (Wildman–Crippen MR) is 69.9 cm³/mol. The fourth-order valence-electron chi connectivity index (χ4n) is 1.34. The standard InChI is InChI=1S/C11H19N5O3/c1-4-17-11(3,18-5-2)19-16-10(13)8-9(12)15-7-6-14-8/h6-7H,4-5H2,1-3H3,(H2,12,15)(H2,13,16). The third kappa shape index (κ3) is 4.34. The Morgan fingerprint density at radius 1 is 1.26 bits per heavy atom. The van der Waals surface area contributed by atoms with Crippen LogP contribution in [0.25, 0.3) is 0 Å². The van der Waals surface area contributed by atoms with E-state index in [1.54, 1.807) is 6.92 Å². The molecule has 0 radical (unpaired) electrons. The molecule has 1 aromatic rings. The van der Waals surface area contributed by atoms with Gasteiger partial charge in [0.05, 0.1) is 13.2 Å². The Morgan fingerprint density at radius 2 is 1.84 bits per heavy atom. The molecule has 0 saturated heterocycles. The third-order valence-corrected chi connectivity index (χ3v) is 2.09. The normalized spacial score (nSPS) is 12.5. The van der Waals surface area contributed by atoms with E-state index in [1.165, 1.54) is 12.4 Å². The van der Waals surface area contributed by atoms with E-state index in [0.29, 0.717) is 13.2 Å². The van der Waals surface area contributed by atoms with Crippen molar-refractivity contribution in [3.63, 3.8) is 0 Å². The van der Waals surface area contributed by atoms with Gasteiger partial charge >= 0.3 is 5.97 Å². The number of oxime groups is 1. The number of aromatic nitrogens is 2. The summed E-state index contributed by atoms with van der Waals surface area (Å²) >= 11 is 0. The van der Waals surface area contributed by atoms with Crippen LogP contribution in [0.1, 0.15) is 26.5 Å². The van der Waals surface area contributed by atoms with Crippen LogP contribution in [0, 0.1) is 0 Å². The molecular formula is C11H19N5O3. The van der Waals surface area contributed by atoms with Crippen molar-refractivity contribution in [1.82, 2.24) is 9.97 Å². The van der Waals surface area contributed by atoms with Gasteiger partial charge in [0.1, 0.15) is 0 Å². The molecule has 0 aliphatic carbocycles. The molecule has 0 aliphatic rings. The van der Waals surface area contributed by atoms with Gasteiger partial charge in [-0.2, -0.15) is 0 Å². The summed E-state index contributed by atoms with van der Waals surface area (Å²) < 4.78 is 10.6. The van der Waals surface area contributed by atoms with Crippen LogP contribution in [0.2, 0.25) is 0 Å². The van der Waals surface area contributed by atoms with Crippen molar-refractivity contribution in [2.24, 2.45) is 10.9 Å². The van der Waals surface area contributed by atoms with Gasteiger partial charge in [0.25, 0.3) is 0 Å². The molecule has 4 N–H and O–H groups in total. The molecule has 0 fully saturated rings. The second-order valence-electron chi connectivity index (χ2n) is 3.59.